The predicted octanol–water partition coefficient (Wildman–Crippen LogP) is 1.88. The van der Waals surface area contributed by atoms with Crippen LogP contribution in [0.3, 0.4) is 0 Å². The van der Waals surface area contributed by atoms with Gasteiger partial charge in [-0.2, -0.15) is 0 Å². The van der Waals surface area contributed by atoms with E-state index in [9.17, 15) is 0 Å². The summed E-state index contributed by atoms with van der Waals surface area (Å²) >= 11 is 0. The second kappa shape index (κ2) is 7.34. The summed E-state index contributed by atoms with van der Waals surface area (Å²) in [6, 6.07) is 4.05. The van der Waals surface area contributed by atoms with Crippen LogP contribution in [0.1, 0.15) is 31.9 Å². The molecule has 1 aromatic rings. The number of anilines is 1. The lowest BCUT2D eigenvalue weighted by Gasteiger charge is -2.27. The van der Waals surface area contributed by atoms with Crippen LogP contribution >= 0.6 is 0 Å². The summed E-state index contributed by atoms with van der Waals surface area (Å²) in [5, 5.41) is 0. The van der Waals surface area contributed by atoms with E-state index < -0.39 is 0 Å². The summed E-state index contributed by atoms with van der Waals surface area (Å²) in [4.78, 5) is 9.05. The molecule has 1 aromatic heterocycles. The van der Waals surface area contributed by atoms with Crippen LogP contribution in [0.15, 0.2) is 18.3 Å². The van der Waals surface area contributed by atoms with E-state index in [1.54, 1.807) is 0 Å². The van der Waals surface area contributed by atoms with Gasteiger partial charge < -0.3 is 15.5 Å². The molecule has 1 heterocycles. The van der Waals surface area contributed by atoms with Gasteiger partial charge in [0.05, 0.1) is 0 Å². The molecule has 0 bridgehead atoms. The zero-order chi connectivity index (χ0) is 13.5. The molecule has 102 valence electrons. The highest BCUT2D eigenvalue weighted by molar-refractivity contribution is 5.48. The van der Waals surface area contributed by atoms with E-state index in [2.05, 4.69) is 41.9 Å². The van der Waals surface area contributed by atoms with Crippen LogP contribution in [0.2, 0.25) is 0 Å². The molecule has 0 aliphatic carbocycles. The molecule has 0 saturated carbocycles. The van der Waals surface area contributed by atoms with Gasteiger partial charge in [0, 0.05) is 37.4 Å². The maximum Gasteiger partial charge on any atom is 0.133 e. The van der Waals surface area contributed by atoms with E-state index in [0.717, 1.165) is 37.4 Å². The van der Waals surface area contributed by atoms with Gasteiger partial charge in [0.2, 0.25) is 0 Å². The molecule has 4 nitrogen and oxygen atoms in total. The first kappa shape index (κ1) is 14.9. The molecule has 1 atom stereocenters. The Morgan fingerprint density at radius 3 is 2.56 bits per heavy atom. The summed E-state index contributed by atoms with van der Waals surface area (Å²) in [6.07, 6.45) is 2.96. The van der Waals surface area contributed by atoms with Gasteiger partial charge in [-0.3, -0.25) is 0 Å². The molecule has 4 heteroatoms. The van der Waals surface area contributed by atoms with Crippen LogP contribution in [-0.2, 0) is 0 Å². The Hall–Kier alpha value is -1.13. The second-order valence-corrected chi connectivity index (χ2v) is 5.00. The van der Waals surface area contributed by atoms with Crippen molar-refractivity contribution < 1.29 is 0 Å². The average Bonchev–Trinajstić information content (AvgIpc) is 2.34. The van der Waals surface area contributed by atoms with Gasteiger partial charge in [-0.25, -0.2) is 4.98 Å². The quantitative estimate of drug-likeness (QED) is 0.802. The summed E-state index contributed by atoms with van der Waals surface area (Å²) in [7, 11) is 4.18. The van der Waals surface area contributed by atoms with Crippen molar-refractivity contribution in [2.75, 3.05) is 38.6 Å². The highest BCUT2D eigenvalue weighted by Crippen LogP contribution is 2.22. The van der Waals surface area contributed by atoms with Gasteiger partial charge in [0.15, 0.2) is 0 Å². The van der Waals surface area contributed by atoms with E-state index in [1.807, 2.05) is 19.2 Å². The SMILES string of the molecule is CCCN(CCN(C)C)c1ncccc1[C@@H](C)N. The lowest BCUT2D eigenvalue weighted by Crippen LogP contribution is -2.34. The topological polar surface area (TPSA) is 45.4 Å². The Labute approximate surface area is 111 Å². The van der Waals surface area contributed by atoms with Crippen molar-refractivity contribution in [1.29, 1.82) is 0 Å². The van der Waals surface area contributed by atoms with Crippen molar-refractivity contribution in [3.05, 3.63) is 23.9 Å². The van der Waals surface area contributed by atoms with Gasteiger partial charge in [-0.1, -0.05) is 13.0 Å². The third-order valence-corrected chi connectivity index (χ3v) is 2.92. The highest BCUT2D eigenvalue weighted by atomic mass is 15.2. The Kier molecular flexibility index (Phi) is 6.09. The average molecular weight is 250 g/mol. The minimum atomic E-state index is 0.0208. The minimum Gasteiger partial charge on any atom is -0.355 e. The van der Waals surface area contributed by atoms with Crippen molar-refractivity contribution >= 4 is 5.82 Å². The van der Waals surface area contributed by atoms with Gasteiger partial charge >= 0.3 is 0 Å². The van der Waals surface area contributed by atoms with Gasteiger partial charge in [-0.15, -0.1) is 0 Å². The molecule has 0 saturated heterocycles. The number of nitrogens with zero attached hydrogens (tertiary/aromatic N) is 3. The molecule has 0 fully saturated rings. The lowest BCUT2D eigenvalue weighted by molar-refractivity contribution is 0.412. The fraction of sp³-hybridized carbons (Fsp3) is 0.643. The summed E-state index contributed by atoms with van der Waals surface area (Å²) in [6.45, 7) is 7.23. The Morgan fingerprint density at radius 2 is 2.00 bits per heavy atom. The third-order valence-electron chi connectivity index (χ3n) is 2.92. The van der Waals surface area contributed by atoms with E-state index in [1.165, 1.54) is 0 Å². The van der Waals surface area contributed by atoms with Crippen LogP contribution in [-0.4, -0.2) is 43.6 Å². The Balaban J connectivity index is 2.90. The number of hydrogen-bond acceptors (Lipinski definition) is 4. The molecule has 18 heavy (non-hydrogen) atoms. The first-order valence-electron chi connectivity index (χ1n) is 6.66. The number of aromatic nitrogens is 1. The Bertz CT molecular complexity index is 349. The molecular weight excluding hydrogens is 224 g/mol. The first-order valence-corrected chi connectivity index (χ1v) is 6.66. The minimum absolute atomic E-state index is 0.0208. The maximum atomic E-state index is 6.03. The van der Waals surface area contributed by atoms with E-state index >= 15 is 0 Å². The molecule has 0 radical (unpaired) electrons. The fourth-order valence-corrected chi connectivity index (χ4v) is 1.94. The van der Waals surface area contributed by atoms with Crippen LogP contribution < -0.4 is 10.6 Å². The Morgan fingerprint density at radius 1 is 1.28 bits per heavy atom. The van der Waals surface area contributed by atoms with Gasteiger partial charge in [-0.05, 0) is 33.5 Å². The number of pyridine rings is 1. The van der Waals surface area contributed by atoms with Crippen LogP contribution in [0.25, 0.3) is 0 Å². The molecule has 0 aromatic carbocycles. The molecule has 0 spiro atoms. The zero-order valence-electron chi connectivity index (χ0n) is 12.1. The maximum absolute atomic E-state index is 6.03. The molecule has 0 aliphatic rings. The van der Waals surface area contributed by atoms with Crippen molar-refractivity contribution in [3.8, 4) is 0 Å². The van der Waals surface area contributed by atoms with E-state index in [4.69, 9.17) is 5.73 Å². The largest absolute Gasteiger partial charge is 0.355 e. The number of nitrogens with two attached hydrogens (primary N) is 1. The second-order valence-electron chi connectivity index (χ2n) is 5.00. The summed E-state index contributed by atoms with van der Waals surface area (Å²) < 4.78 is 0. The lowest BCUT2D eigenvalue weighted by atomic mass is 10.1. The molecule has 0 amide bonds. The molecular formula is C14H26N4. The van der Waals surface area contributed by atoms with Crippen molar-refractivity contribution in [3.63, 3.8) is 0 Å². The zero-order valence-corrected chi connectivity index (χ0v) is 12.1. The predicted molar refractivity (Wildman–Crippen MR) is 77.9 cm³/mol. The number of hydrogen-bond donors (Lipinski definition) is 1. The normalized spacial score (nSPS) is 12.8. The van der Waals surface area contributed by atoms with Crippen molar-refractivity contribution in [1.82, 2.24) is 9.88 Å². The highest BCUT2D eigenvalue weighted by Gasteiger charge is 2.14. The van der Waals surface area contributed by atoms with E-state index in [-0.39, 0.29) is 6.04 Å². The first-order chi connectivity index (χ1) is 8.56. The van der Waals surface area contributed by atoms with Crippen LogP contribution in [0.4, 0.5) is 5.82 Å². The van der Waals surface area contributed by atoms with Crippen molar-refractivity contribution in [2.24, 2.45) is 5.73 Å². The molecule has 2 N–H and O–H groups in total. The summed E-state index contributed by atoms with van der Waals surface area (Å²) in [5.74, 6) is 1.04. The molecule has 0 aliphatic heterocycles. The van der Waals surface area contributed by atoms with Gasteiger partial charge in [0.25, 0.3) is 0 Å². The smallest absolute Gasteiger partial charge is 0.133 e. The van der Waals surface area contributed by atoms with E-state index in [0.29, 0.717) is 0 Å². The van der Waals surface area contributed by atoms with Crippen molar-refractivity contribution in [2.45, 2.75) is 26.3 Å². The van der Waals surface area contributed by atoms with Crippen LogP contribution in [0.5, 0.6) is 0 Å². The number of likely N-dealkylation sites (N-methyl/N-ethyl adjacent to an activating group) is 1. The molecule has 1 rings (SSSR count). The standard InChI is InChI=1S/C14H26N4/c1-5-9-18(11-10-17(3)4)14-13(12(2)15)7-6-8-16-14/h6-8,12H,5,9-11,15H2,1-4H3/t12-/m1/s1. The summed E-state index contributed by atoms with van der Waals surface area (Å²) in [5.41, 5.74) is 7.16. The third kappa shape index (κ3) is 4.27. The van der Waals surface area contributed by atoms with Gasteiger partial charge in [0.1, 0.15) is 5.82 Å². The monoisotopic (exact) mass is 250 g/mol. The number of rotatable bonds is 7. The van der Waals surface area contributed by atoms with Crippen LogP contribution in [0, 0.1) is 0 Å². The molecule has 0 unspecified atom stereocenters. The fourth-order valence-electron chi connectivity index (χ4n) is 1.94.